The van der Waals surface area contributed by atoms with Crippen LogP contribution < -0.4 is 11.3 Å². The van der Waals surface area contributed by atoms with Gasteiger partial charge in [-0.05, 0) is 48.5 Å². The quantitative estimate of drug-likeness (QED) is 0.618. The van der Waals surface area contributed by atoms with Crippen molar-refractivity contribution in [1.29, 1.82) is 0 Å². The van der Waals surface area contributed by atoms with Crippen molar-refractivity contribution in [3.63, 3.8) is 0 Å². The van der Waals surface area contributed by atoms with Gasteiger partial charge < -0.3 is 0 Å². The summed E-state index contributed by atoms with van der Waals surface area (Å²) in [5.41, 5.74) is 4.15. The minimum Gasteiger partial charge on any atom is -0.271 e. The van der Waals surface area contributed by atoms with Crippen molar-refractivity contribution in [3.05, 3.63) is 16.4 Å². The van der Waals surface area contributed by atoms with E-state index in [2.05, 4.69) is 45.0 Å². The highest BCUT2D eigenvalue weighted by Gasteiger charge is 2.23. The molecule has 1 aromatic rings. The van der Waals surface area contributed by atoms with Crippen LogP contribution in [0.2, 0.25) is 0 Å². The molecular formula is C14H25BrN4. The van der Waals surface area contributed by atoms with Gasteiger partial charge in [0.25, 0.3) is 0 Å². The van der Waals surface area contributed by atoms with Crippen LogP contribution in [0.5, 0.6) is 0 Å². The van der Waals surface area contributed by atoms with E-state index in [-0.39, 0.29) is 6.04 Å². The molecule has 1 heterocycles. The zero-order valence-electron chi connectivity index (χ0n) is 11.9. The second-order valence-corrected chi connectivity index (χ2v) is 6.72. The molecule has 1 atom stereocenters. The monoisotopic (exact) mass is 328 g/mol. The summed E-state index contributed by atoms with van der Waals surface area (Å²) in [5, 5.41) is 4.44. The third-order valence-electron chi connectivity index (χ3n) is 4.15. The van der Waals surface area contributed by atoms with E-state index in [1.54, 1.807) is 0 Å². The molecule has 5 heteroatoms. The summed E-state index contributed by atoms with van der Waals surface area (Å²) in [7, 11) is 0. The Hall–Kier alpha value is -0.390. The molecule has 1 aliphatic carbocycles. The average molecular weight is 329 g/mol. The van der Waals surface area contributed by atoms with Crippen molar-refractivity contribution in [1.82, 2.24) is 15.2 Å². The van der Waals surface area contributed by atoms with E-state index >= 15 is 0 Å². The molecule has 1 fully saturated rings. The van der Waals surface area contributed by atoms with E-state index in [1.165, 1.54) is 37.8 Å². The summed E-state index contributed by atoms with van der Waals surface area (Å²) >= 11 is 3.60. The maximum Gasteiger partial charge on any atom is 0.0712 e. The fourth-order valence-corrected chi connectivity index (χ4v) is 3.64. The Morgan fingerprint density at radius 1 is 1.47 bits per heavy atom. The Morgan fingerprint density at radius 2 is 2.16 bits per heavy atom. The van der Waals surface area contributed by atoms with Crippen molar-refractivity contribution in [2.24, 2.45) is 11.8 Å². The van der Waals surface area contributed by atoms with Gasteiger partial charge in [-0.3, -0.25) is 16.0 Å². The highest BCUT2D eigenvalue weighted by Crippen LogP contribution is 2.33. The van der Waals surface area contributed by atoms with E-state index in [4.69, 9.17) is 5.84 Å². The minimum absolute atomic E-state index is 0.180. The van der Waals surface area contributed by atoms with Crippen molar-refractivity contribution in [3.8, 4) is 0 Å². The molecule has 0 bridgehead atoms. The third kappa shape index (κ3) is 3.58. The maximum absolute atomic E-state index is 5.77. The lowest BCUT2D eigenvalue weighted by molar-refractivity contribution is 0.385. The topological polar surface area (TPSA) is 55.9 Å². The molecule has 19 heavy (non-hydrogen) atoms. The van der Waals surface area contributed by atoms with Crippen LogP contribution in [0, 0.1) is 5.92 Å². The fourth-order valence-electron chi connectivity index (χ4n) is 3.09. The van der Waals surface area contributed by atoms with Crippen molar-refractivity contribution >= 4 is 15.9 Å². The minimum atomic E-state index is 0.180. The zero-order valence-corrected chi connectivity index (χ0v) is 13.5. The van der Waals surface area contributed by atoms with Gasteiger partial charge in [-0.15, -0.1) is 0 Å². The molecule has 3 N–H and O–H groups in total. The van der Waals surface area contributed by atoms with Gasteiger partial charge in [0.05, 0.1) is 22.4 Å². The molecule has 0 saturated heterocycles. The van der Waals surface area contributed by atoms with Gasteiger partial charge in [0.15, 0.2) is 0 Å². The van der Waals surface area contributed by atoms with E-state index < -0.39 is 0 Å². The van der Waals surface area contributed by atoms with Crippen LogP contribution >= 0.6 is 15.9 Å². The largest absolute Gasteiger partial charge is 0.271 e. The summed E-state index contributed by atoms with van der Waals surface area (Å²) in [6.07, 6.45) is 9.79. The first-order chi connectivity index (χ1) is 9.13. The van der Waals surface area contributed by atoms with Crippen LogP contribution in [0.4, 0.5) is 0 Å². The number of aromatic nitrogens is 2. The van der Waals surface area contributed by atoms with Gasteiger partial charge in [-0.2, -0.15) is 5.10 Å². The molecule has 0 aromatic carbocycles. The van der Waals surface area contributed by atoms with E-state index in [1.807, 2.05) is 6.20 Å². The molecule has 0 radical (unpaired) electrons. The number of halogens is 1. The number of nitrogens with two attached hydrogens (primary N) is 1. The molecule has 4 nitrogen and oxygen atoms in total. The lowest BCUT2D eigenvalue weighted by atomic mass is 9.97. The standard InChI is InChI=1S/C14H25BrN4/c1-10(2)19-14(12(15)9-17-19)13(18-16)8-7-11-5-3-4-6-11/h9-11,13,18H,3-8,16H2,1-2H3. The van der Waals surface area contributed by atoms with E-state index in [0.717, 1.165) is 16.8 Å². The summed E-state index contributed by atoms with van der Waals surface area (Å²) in [6.45, 7) is 4.29. The molecule has 0 aliphatic heterocycles. The Bertz CT molecular complexity index is 396. The Balaban J connectivity index is 2.05. The van der Waals surface area contributed by atoms with Crippen molar-refractivity contribution < 1.29 is 0 Å². The molecule has 0 amide bonds. The van der Waals surface area contributed by atoms with Crippen molar-refractivity contribution in [2.45, 2.75) is 64.5 Å². The second kappa shape index (κ2) is 6.86. The first kappa shape index (κ1) is 15.0. The highest BCUT2D eigenvalue weighted by atomic mass is 79.9. The number of hydrogen-bond donors (Lipinski definition) is 2. The summed E-state index contributed by atoms with van der Waals surface area (Å²) in [4.78, 5) is 0. The molecule has 1 aliphatic rings. The summed E-state index contributed by atoms with van der Waals surface area (Å²) in [5.74, 6) is 6.67. The van der Waals surface area contributed by atoms with Gasteiger partial charge in [0, 0.05) is 6.04 Å². The number of hydrazine groups is 1. The van der Waals surface area contributed by atoms with E-state index in [0.29, 0.717) is 6.04 Å². The third-order valence-corrected chi connectivity index (χ3v) is 4.76. The van der Waals surface area contributed by atoms with Gasteiger partial charge in [-0.1, -0.05) is 25.7 Å². The first-order valence-corrected chi connectivity index (χ1v) is 8.11. The van der Waals surface area contributed by atoms with Gasteiger partial charge in [0.2, 0.25) is 0 Å². The fraction of sp³-hybridized carbons (Fsp3) is 0.786. The van der Waals surface area contributed by atoms with Gasteiger partial charge >= 0.3 is 0 Å². The predicted octanol–water partition coefficient (Wildman–Crippen LogP) is 3.70. The molecule has 1 unspecified atom stereocenters. The predicted molar refractivity (Wildman–Crippen MR) is 81.6 cm³/mol. The zero-order chi connectivity index (χ0) is 13.8. The van der Waals surface area contributed by atoms with Crippen LogP contribution in [0.25, 0.3) is 0 Å². The van der Waals surface area contributed by atoms with Gasteiger partial charge in [-0.25, -0.2) is 0 Å². The van der Waals surface area contributed by atoms with Gasteiger partial charge in [0.1, 0.15) is 0 Å². The normalized spacial score (nSPS) is 18.4. The Kier molecular flexibility index (Phi) is 5.42. The van der Waals surface area contributed by atoms with Crippen LogP contribution in [0.3, 0.4) is 0 Å². The smallest absolute Gasteiger partial charge is 0.0712 e. The first-order valence-electron chi connectivity index (χ1n) is 7.32. The molecule has 108 valence electrons. The van der Waals surface area contributed by atoms with Crippen molar-refractivity contribution in [2.75, 3.05) is 0 Å². The molecule has 2 rings (SSSR count). The maximum atomic E-state index is 5.77. The Labute approximate surface area is 124 Å². The molecule has 1 aromatic heterocycles. The van der Waals surface area contributed by atoms with Crippen LogP contribution in [-0.4, -0.2) is 9.78 Å². The number of rotatable bonds is 6. The number of hydrogen-bond acceptors (Lipinski definition) is 3. The summed E-state index contributed by atoms with van der Waals surface area (Å²) in [6, 6.07) is 0.531. The highest BCUT2D eigenvalue weighted by molar-refractivity contribution is 9.10. The number of nitrogens with zero attached hydrogens (tertiary/aromatic N) is 2. The van der Waals surface area contributed by atoms with Crippen LogP contribution in [0.15, 0.2) is 10.7 Å². The summed E-state index contributed by atoms with van der Waals surface area (Å²) < 4.78 is 3.11. The SMILES string of the molecule is CC(C)n1ncc(Br)c1C(CCC1CCCC1)NN. The molecule has 1 saturated carbocycles. The molecule has 0 spiro atoms. The lowest BCUT2D eigenvalue weighted by Crippen LogP contribution is -2.31. The molecular weight excluding hydrogens is 304 g/mol. The lowest BCUT2D eigenvalue weighted by Gasteiger charge is -2.21. The van der Waals surface area contributed by atoms with E-state index in [9.17, 15) is 0 Å². The Morgan fingerprint density at radius 3 is 2.74 bits per heavy atom. The van der Waals surface area contributed by atoms with Crippen LogP contribution in [0.1, 0.15) is 70.2 Å². The number of nitrogens with one attached hydrogen (secondary N) is 1. The average Bonchev–Trinajstić information content (AvgIpc) is 3.00. The van der Waals surface area contributed by atoms with Crippen LogP contribution in [-0.2, 0) is 0 Å². The second-order valence-electron chi connectivity index (χ2n) is 5.86.